The summed E-state index contributed by atoms with van der Waals surface area (Å²) in [4.78, 5) is 22.0. The first-order chi connectivity index (χ1) is 7.02. The molecule has 0 radical (unpaired) electrons. The van der Waals surface area contributed by atoms with Gasteiger partial charge in [-0.3, -0.25) is 9.69 Å². The molecule has 0 amide bonds. The van der Waals surface area contributed by atoms with Crippen molar-refractivity contribution in [2.75, 3.05) is 35.2 Å². The lowest BCUT2D eigenvalue weighted by Crippen LogP contribution is -3.02. The Labute approximate surface area is 97.5 Å². The molecule has 0 aliphatic carbocycles. The minimum Gasteiger partial charge on any atom is -0.550 e. The molecule has 0 saturated heterocycles. The van der Waals surface area contributed by atoms with Crippen molar-refractivity contribution in [1.82, 2.24) is 4.90 Å². The van der Waals surface area contributed by atoms with Gasteiger partial charge in [-0.2, -0.15) is 0 Å². The molecule has 0 saturated carbocycles. The lowest BCUT2D eigenvalue weighted by Gasteiger charge is -2.13. The molecule has 6 nitrogen and oxygen atoms in total. The van der Waals surface area contributed by atoms with E-state index < -0.39 is 11.9 Å². The van der Waals surface area contributed by atoms with Crippen LogP contribution in [0.1, 0.15) is 13.8 Å². The van der Waals surface area contributed by atoms with Crippen LogP contribution in [0, 0.1) is 0 Å². The van der Waals surface area contributed by atoms with Crippen LogP contribution in [0.4, 0.5) is 0 Å². The second kappa shape index (κ2) is 11.9. The van der Waals surface area contributed by atoms with Crippen LogP contribution in [0.2, 0.25) is 0 Å². The molecule has 0 aromatic carbocycles. The number of carboxylic acids is 2. The van der Waals surface area contributed by atoms with Crippen LogP contribution in [-0.4, -0.2) is 63.2 Å². The van der Waals surface area contributed by atoms with Crippen LogP contribution in [0.15, 0.2) is 0 Å². The largest absolute Gasteiger partial charge is 0.550 e. The summed E-state index contributed by atoms with van der Waals surface area (Å²) in [7, 11) is 9.72. The Bertz CT molecular complexity index is 187. The summed E-state index contributed by atoms with van der Waals surface area (Å²) in [6, 6.07) is -0.380. The van der Waals surface area contributed by atoms with Crippen LogP contribution >= 0.6 is 0 Å². The van der Waals surface area contributed by atoms with Crippen molar-refractivity contribution < 1.29 is 24.7 Å². The maximum atomic E-state index is 10.1. The third kappa shape index (κ3) is 38.4. The molecule has 0 aromatic rings. The average Bonchev–Trinajstić information content (AvgIpc) is 2.00. The monoisotopic (exact) mass is 236 g/mol. The van der Waals surface area contributed by atoms with Gasteiger partial charge in [0, 0.05) is 5.97 Å². The number of hydrogen-bond acceptors (Lipinski definition) is 4. The van der Waals surface area contributed by atoms with Crippen LogP contribution in [0.5, 0.6) is 0 Å². The summed E-state index contributed by atoms with van der Waals surface area (Å²) in [5.74, 6) is -1.87. The molecule has 0 spiro atoms. The zero-order chi connectivity index (χ0) is 13.9. The van der Waals surface area contributed by atoms with Crippen LogP contribution in [-0.2, 0) is 9.59 Å². The predicted octanol–water partition coefficient (Wildman–Crippen LogP) is -2.46. The molecule has 6 heteroatoms. The zero-order valence-electron chi connectivity index (χ0n) is 11.2. The Morgan fingerprint density at radius 3 is 1.44 bits per heavy atom. The number of nitrogens with zero attached hydrogens (tertiary/aromatic N) is 1. The fraction of sp³-hybridized carbons (Fsp3) is 0.800. The number of aliphatic carboxylic acids is 2. The summed E-state index contributed by atoms with van der Waals surface area (Å²) < 4.78 is 0. The van der Waals surface area contributed by atoms with Gasteiger partial charge in [0.05, 0.1) is 21.1 Å². The topological polar surface area (TPSA) is 85.1 Å². The summed E-state index contributed by atoms with van der Waals surface area (Å²) in [5.41, 5.74) is 0. The molecule has 0 heterocycles. The van der Waals surface area contributed by atoms with E-state index in [-0.39, 0.29) is 6.04 Å². The van der Waals surface area contributed by atoms with Gasteiger partial charge in [0.1, 0.15) is 6.04 Å². The van der Waals surface area contributed by atoms with E-state index in [4.69, 9.17) is 15.0 Å². The molecule has 0 aliphatic heterocycles. The van der Waals surface area contributed by atoms with Crippen LogP contribution in [0.3, 0.4) is 0 Å². The van der Waals surface area contributed by atoms with Crippen molar-refractivity contribution in [3.63, 3.8) is 0 Å². The maximum absolute atomic E-state index is 10.1. The predicted molar refractivity (Wildman–Crippen MR) is 60.2 cm³/mol. The van der Waals surface area contributed by atoms with E-state index in [0.29, 0.717) is 0 Å². The smallest absolute Gasteiger partial charge is 0.320 e. The van der Waals surface area contributed by atoms with E-state index in [1.54, 1.807) is 25.9 Å². The van der Waals surface area contributed by atoms with Gasteiger partial charge in [0.2, 0.25) is 0 Å². The quantitative estimate of drug-likeness (QED) is 0.555. The van der Waals surface area contributed by atoms with Gasteiger partial charge in [0.25, 0.3) is 0 Å². The number of likely N-dealkylation sites (N-methyl/N-ethyl adjacent to an activating group) is 1. The van der Waals surface area contributed by atoms with Crippen molar-refractivity contribution in [2.45, 2.75) is 19.9 Å². The SMILES string of the molecule is CC(=O)[O-].CC(C(=O)O)N(C)C.C[NH+](C)C. The number of rotatable bonds is 2. The van der Waals surface area contributed by atoms with Crippen molar-refractivity contribution in [1.29, 1.82) is 0 Å². The van der Waals surface area contributed by atoms with Gasteiger partial charge in [-0.15, -0.1) is 0 Å². The molecule has 0 fully saturated rings. The molecule has 1 atom stereocenters. The lowest BCUT2D eigenvalue weighted by molar-refractivity contribution is -0.836. The van der Waals surface area contributed by atoms with E-state index >= 15 is 0 Å². The third-order valence-electron chi connectivity index (χ3n) is 1.13. The highest BCUT2D eigenvalue weighted by molar-refractivity contribution is 5.72. The summed E-state index contributed by atoms with van der Waals surface area (Å²) in [6.07, 6.45) is 0. The van der Waals surface area contributed by atoms with E-state index in [1.807, 2.05) is 0 Å². The van der Waals surface area contributed by atoms with Gasteiger partial charge in [-0.05, 0) is 27.9 Å². The first-order valence-electron chi connectivity index (χ1n) is 4.85. The Morgan fingerprint density at radius 1 is 1.25 bits per heavy atom. The first kappa shape index (κ1) is 20.3. The van der Waals surface area contributed by atoms with Crippen molar-refractivity contribution in [3.8, 4) is 0 Å². The number of quaternary nitrogens is 1. The van der Waals surface area contributed by atoms with Crippen LogP contribution < -0.4 is 10.0 Å². The molecule has 1 unspecified atom stereocenters. The Morgan fingerprint density at radius 2 is 1.44 bits per heavy atom. The molecule has 2 N–H and O–H groups in total. The molecular weight excluding hydrogens is 212 g/mol. The standard InChI is InChI=1S/C5H11NO2.C3H9N.C2H4O2/c1-4(5(7)8)6(2)3;1-4(2)3;1-2(3)4/h4H,1-3H3,(H,7,8);1-3H3;1H3,(H,3,4). The number of carboxylic acid groups (broad SMARTS) is 2. The zero-order valence-corrected chi connectivity index (χ0v) is 11.2. The van der Waals surface area contributed by atoms with E-state index in [9.17, 15) is 4.79 Å². The Balaban J connectivity index is -0.000000179. The molecule has 0 aliphatic rings. The second-order valence-corrected chi connectivity index (χ2v) is 3.97. The fourth-order valence-corrected chi connectivity index (χ4v) is 0.221. The number of nitrogens with one attached hydrogen (secondary N) is 1. The maximum Gasteiger partial charge on any atom is 0.320 e. The fourth-order valence-electron chi connectivity index (χ4n) is 0.221. The van der Waals surface area contributed by atoms with E-state index in [0.717, 1.165) is 6.92 Å². The number of carbonyl (C=O) groups is 2. The normalized spacial score (nSPS) is 10.8. The van der Waals surface area contributed by atoms with E-state index in [2.05, 4.69) is 21.1 Å². The summed E-state index contributed by atoms with van der Waals surface area (Å²) in [5, 5.41) is 17.2. The van der Waals surface area contributed by atoms with Gasteiger partial charge in [0.15, 0.2) is 0 Å². The van der Waals surface area contributed by atoms with E-state index in [1.165, 1.54) is 4.90 Å². The van der Waals surface area contributed by atoms with Gasteiger partial charge in [-0.1, -0.05) is 0 Å². The molecular formula is C10H24N2O4. The highest BCUT2D eigenvalue weighted by atomic mass is 16.4. The lowest BCUT2D eigenvalue weighted by atomic mass is 10.3. The van der Waals surface area contributed by atoms with Gasteiger partial charge < -0.3 is 19.9 Å². The molecule has 98 valence electrons. The number of carbonyl (C=O) groups excluding carboxylic acids is 1. The molecule has 0 aromatic heterocycles. The van der Waals surface area contributed by atoms with Gasteiger partial charge in [-0.25, -0.2) is 0 Å². The first-order valence-corrected chi connectivity index (χ1v) is 4.85. The third-order valence-corrected chi connectivity index (χ3v) is 1.13. The summed E-state index contributed by atoms with van der Waals surface area (Å²) in [6.45, 7) is 2.61. The average molecular weight is 236 g/mol. The minimum absolute atomic E-state index is 0.380. The molecule has 0 rings (SSSR count). The molecule has 0 bridgehead atoms. The highest BCUT2D eigenvalue weighted by Gasteiger charge is 2.11. The van der Waals surface area contributed by atoms with Crippen molar-refractivity contribution in [3.05, 3.63) is 0 Å². The molecule has 16 heavy (non-hydrogen) atoms. The Kier molecular flexibility index (Phi) is 15.1. The Hall–Kier alpha value is -1.14. The second-order valence-electron chi connectivity index (χ2n) is 3.97. The van der Waals surface area contributed by atoms with Gasteiger partial charge >= 0.3 is 5.97 Å². The van der Waals surface area contributed by atoms with Crippen molar-refractivity contribution >= 4 is 11.9 Å². The number of hydrogen-bond donors (Lipinski definition) is 2. The minimum atomic E-state index is -1.08. The highest BCUT2D eigenvalue weighted by Crippen LogP contribution is 1.88. The summed E-state index contributed by atoms with van der Waals surface area (Å²) >= 11 is 0. The van der Waals surface area contributed by atoms with Crippen molar-refractivity contribution in [2.24, 2.45) is 0 Å². The van der Waals surface area contributed by atoms with Crippen LogP contribution in [0.25, 0.3) is 0 Å².